The third kappa shape index (κ3) is 4.40. The minimum atomic E-state index is -3.58. The molecule has 1 aliphatic heterocycles. The molecule has 0 unspecified atom stereocenters. The Hall–Kier alpha value is -1.99. The Bertz CT molecular complexity index is 890. The van der Waals surface area contributed by atoms with Crippen LogP contribution in [0.4, 0.5) is 5.95 Å². The normalized spacial score (nSPS) is 15.3. The zero-order valence-electron chi connectivity index (χ0n) is 15.6. The highest BCUT2D eigenvalue weighted by molar-refractivity contribution is 7.89. The first-order valence-corrected chi connectivity index (χ1v) is 10.5. The monoisotopic (exact) mass is 374 g/mol. The summed E-state index contributed by atoms with van der Waals surface area (Å²) in [6.07, 6.45) is 3.53. The van der Waals surface area contributed by atoms with E-state index in [1.165, 1.54) is 6.42 Å². The van der Waals surface area contributed by atoms with Crippen LogP contribution in [0.2, 0.25) is 0 Å². The summed E-state index contributed by atoms with van der Waals surface area (Å²) in [5.74, 6) is 0.699. The molecular formula is C19H26N4O2S. The lowest BCUT2D eigenvalue weighted by atomic mass is 10.1. The number of piperidine rings is 1. The lowest BCUT2D eigenvalue weighted by Gasteiger charge is -2.27. The zero-order chi connectivity index (χ0) is 18.7. The van der Waals surface area contributed by atoms with Crippen LogP contribution in [0.1, 0.15) is 41.8 Å². The molecule has 0 amide bonds. The van der Waals surface area contributed by atoms with Crippen molar-refractivity contribution >= 4 is 16.0 Å². The molecule has 2 aromatic rings. The molecule has 140 valence electrons. The van der Waals surface area contributed by atoms with Crippen molar-refractivity contribution in [3.05, 3.63) is 46.8 Å². The van der Waals surface area contributed by atoms with Gasteiger partial charge in [0.25, 0.3) is 0 Å². The summed E-state index contributed by atoms with van der Waals surface area (Å²) < 4.78 is 28.0. The fourth-order valence-corrected chi connectivity index (χ4v) is 4.51. The molecule has 0 bridgehead atoms. The van der Waals surface area contributed by atoms with Crippen LogP contribution in [0.25, 0.3) is 0 Å². The largest absolute Gasteiger partial charge is 0.341 e. The van der Waals surface area contributed by atoms with Gasteiger partial charge in [0.1, 0.15) is 0 Å². The fraction of sp³-hybridized carbons (Fsp3) is 0.474. The second-order valence-electron chi connectivity index (χ2n) is 6.94. The highest BCUT2D eigenvalue weighted by Gasteiger charge is 2.18. The van der Waals surface area contributed by atoms with Crippen molar-refractivity contribution in [3.8, 4) is 0 Å². The maximum atomic E-state index is 12.6. The average Bonchev–Trinajstić information content (AvgIpc) is 2.60. The van der Waals surface area contributed by atoms with Gasteiger partial charge in [0.2, 0.25) is 16.0 Å². The van der Waals surface area contributed by atoms with Gasteiger partial charge in [-0.3, -0.25) is 0 Å². The van der Waals surface area contributed by atoms with Gasteiger partial charge in [-0.15, -0.1) is 0 Å². The highest BCUT2D eigenvalue weighted by Crippen LogP contribution is 2.18. The van der Waals surface area contributed by atoms with Gasteiger partial charge in [-0.1, -0.05) is 17.7 Å². The molecule has 3 rings (SSSR count). The minimum Gasteiger partial charge on any atom is -0.341 e. The molecule has 7 heteroatoms. The lowest BCUT2D eigenvalue weighted by molar-refractivity contribution is 0.565. The summed E-state index contributed by atoms with van der Waals surface area (Å²) in [7, 11) is -3.58. The van der Waals surface area contributed by atoms with Crippen molar-refractivity contribution in [2.75, 3.05) is 18.0 Å². The number of aromatic nitrogens is 2. The Morgan fingerprint density at radius 3 is 2.46 bits per heavy atom. The van der Waals surface area contributed by atoms with Crippen LogP contribution in [0, 0.1) is 20.8 Å². The molecule has 1 N–H and O–H groups in total. The first-order chi connectivity index (χ1) is 12.3. The van der Waals surface area contributed by atoms with Crippen LogP contribution in [-0.2, 0) is 16.6 Å². The van der Waals surface area contributed by atoms with Crippen molar-refractivity contribution in [1.82, 2.24) is 14.7 Å². The Labute approximate surface area is 155 Å². The molecule has 1 fully saturated rings. The van der Waals surface area contributed by atoms with E-state index in [0.29, 0.717) is 16.5 Å². The van der Waals surface area contributed by atoms with Gasteiger partial charge in [-0.05, 0) is 57.7 Å². The van der Waals surface area contributed by atoms with Crippen molar-refractivity contribution in [3.63, 3.8) is 0 Å². The smallest absolute Gasteiger partial charge is 0.241 e. The SMILES string of the molecule is Cc1ccc(S(=O)(=O)NCc2cc(C)nc(N3CCCCC3)n2)c(C)c1. The third-order valence-electron chi connectivity index (χ3n) is 4.60. The Kier molecular flexibility index (Phi) is 5.58. The van der Waals surface area contributed by atoms with E-state index >= 15 is 0 Å². The van der Waals surface area contributed by atoms with E-state index < -0.39 is 10.0 Å². The number of hydrogen-bond donors (Lipinski definition) is 1. The van der Waals surface area contributed by atoms with Crippen molar-refractivity contribution < 1.29 is 8.42 Å². The topological polar surface area (TPSA) is 75.2 Å². The molecule has 1 aromatic carbocycles. The van der Waals surface area contributed by atoms with Gasteiger partial charge in [0.15, 0.2) is 0 Å². The van der Waals surface area contributed by atoms with Gasteiger partial charge in [-0.25, -0.2) is 23.1 Å². The van der Waals surface area contributed by atoms with Crippen molar-refractivity contribution in [2.45, 2.75) is 51.5 Å². The van der Waals surface area contributed by atoms with Crippen LogP contribution in [-0.4, -0.2) is 31.5 Å². The van der Waals surface area contributed by atoms with E-state index in [-0.39, 0.29) is 6.54 Å². The molecule has 1 aliphatic rings. The molecule has 1 aromatic heterocycles. The first-order valence-electron chi connectivity index (χ1n) is 9.01. The summed E-state index contributed by atoms with van der Waals surface area (Å²) in [6.45, 7) is 7.74. The number of benzene rings is 1. The van der Waals surface area contributed by atoms with Crippen molar-refractivity contribution in [1.29, 1.82) is 0 Å². The van der Waals surface area contributed by atoms with Gasteiger partial charge in [0, 0.05) is 18.8 Å². The second kappa shape index (κ2) is 7.72. The van der Waals surface area contributed by atoms with Crippen LogP contribution < -0.4 is 9.62 Å². The maximum Gasteiger partial charge on any atom is 0.241 e. The lowest BCUT2D eigenvalue weighted by Crippen LogP contribution is -2.32. The van der Waals surface area contributed by atoms with Gasteiger partial charge in [-0.2, -0.15) is 0 Å². The highest BCUT2D eigenvalue weighted by atomic mass is 32.2. The molecule has 0 saturated carbocycles. The zero-order valence-corrected chi connectivity index (χ0v) is 16.4. The molecular weight excluding hydrogens is 348 g/mol. The molecule has 0 atom stereocenters. The van der Waals surface area contributed by atoms with E-state index in [1.807, 2.05) is 39.0 Å². The van der Waals surface area contributed by atoms with E-state index in [0.717, 1.165) is 42.8 Å². The molecule has 6 nitrogen and oxygen atoms in total. The van der Waals surface area contributed by atoms with Gasteiger partial charge >= 0.3 is 0 Å². The van der Waals surface area contributed by atoms with E-state index in [4.69, 9.17) is 0 Å². The molecule has 2 heterocycles. The van der Waals surface area contributed by atoms with Crippen LogP contribution >= 0.6 is 0 Å². The summed E-state index contributed by atoms with van der Waals surface area (Å²) in [4.78, 5) is 11.6. The summed E-state index contributed by atoms with van der Waals surface area (Å²) in [6, 6.07) is 7.16. The van der Waals surface area contributed by atoms with E-state index in [9.17, 15) is 8.42 Å². The number of hydrogen-bond acceptors (Lipinski definition) is 5. The van der Waals surface area contributed by atoms with Gasteiger partial charge < -0.3 is 4.90 Å². The quantitative estimate of drug-likeness (QED) is 0.871. The molecule has 0 aliphatic carbocycles. The predicted octanol–water partition coefficient (Wildman–Crippen LogP) is 2.87. The molecule has 26 heavy (non-hydrogen) atoms. The van der Waals surface area contributed by atoms with E-state index in [2.05, 4.69) is 19.6 Å². The van der Waals surface area contributed by atoms with Gasteiger partial charge in [0.05, 0.1) is 17.1 Å². The Morgan fingerprint density at radius 2 is 1.77 bits per heavy atom. The second-order valence-corrected chi connectivity index (χ2v) is 8.68. The van der Waals surface area contributed by atoms with Crippen LogP contribution in [0.5, 0.6) is 0 Å². The molecule has 0 spiro atoms. The third-order valence-corrected chi connectivity index (χ3v) is 6.16. The number of nitrogens with one attached hydrogen (secondary N) is 1. The first kappa shape index (κ1) is 18.8. The standard InChI is InChI=1S/C19H26N4O2S/c1-14-7-8-18(15(2)11-14)26(24,25)20-13-17-12-16(3)21-19(22-17)23-9-5-4-6-10-23/h7-8,11-12,20H,4-6,9-10,13H2,1-3H3. The number of sulfonamides is 1. The minimum absolute atomic E-state index is 0.153. The Balaban J connectivity index is 1.77. The number of nitrogens with zero attached hydrogens (tertiary/aromatic N) is 3. The average molecular weight is 375 g/mol. The summed E-state index contributed by atoms with van der Waals surface area (Å²) in [5.41, 5.74) is 3.32. The molecule has 1 saturated heterocycles. The van der Waals surface area contributed by atoms with Crippen LogP contribution in [0.15, 0.2) is 29.2 Å². The summed E-state index contributed by atoms with van der Waals surface area (Å²) >= 11 is 0. The van der Waals surface area contributed by atoms with Crippen LogP contribution in [0.3, 0.4) is 0 Å². The summed E-state index contributed by atoms with van der Waals surface area (Å²) in [5, 5.41) is 0. The number of rotatable bonds is 5. The molecule has 0 radical (unpaired) electrons. The Morgan fingerprint density at radius 1 is 1.04 bits per heavy atom. The number of anilines is 1. The van der Waals surface area contributed by atoms with Crippen molar-refractivity contribution in [2.24, 2.45) is 0 Å². The number of aryl methyl sites for hydroxylation is 3. The van der Waals surface area contributed by atoms with E-state index in [1.54, 1.807) is 6.07 Å². The predicted molar refractivity (Wildman–Crippen MR) is 103 cm³/mol. The fourth-order valence-electron chi connectivity index (χ4n) is 3.29. The maximum absolute atomic E-state index is 12.6.